The van der Waals surface area contributed by atoms with Gasteiger partial charge < -0.3 is 4.74 Å². The van der Waals surface area contributed by atoms with E-state index in [1.54, 1.807) is 6.08 Å². The van der Waals surface area contributed by atoms with Crippen LogP contribution in [0.25, 0.3) is 10.8 Å². The fourth-order valence-corrected chi connectivity index (χ4v) is 6.38. The summed E-state index contributed by atoms with van der Waals surface area (Å²) in [5, 5.41) is 0.0698. The van der Waals surface area contributed by atoms with Crippen molar-refractivity contribution in [3.63, 3.8) is 0 Å². The molecule has 2 fully saturated rings. The van der Waals surface area contributed by atoms with Gasteiger partial charge in [-0.15, -0.1) is 0 Å². The summed E-state index contributed by atoms with van der Waals surface area (Å²) in [6.07, 6.45) is 14.4. The van der Waals surface area contributed by atoms with E-state index in [9.17, 15) is 4.39 Å². The zero-order chi connectivity index (χ0) is 23.4. The van der Waals surface area contributed by atoms with Crippen molar-refractivity contribution >= 4 is 10.8 Å². The lowest BCUT2D eigenvalue weighted by molar-refractivity contribution is 0.111. The molecule has 2 unspecified atom stereocenters. The van der Waals surface area contributed by atoms with E-state index >= 15 is 8.78 Å². The Labute approximate surface area is 196 Å². The SMILES string of the molecule is C=CCOc1cc(F)c2c(F)c([C@@H]3CC[C@@H]4CC(CCCCCC)CCC4C3)c(F)cc2c1. The molecule has 0 aliphatic heterocycles. The van der Waals surface area contributed by atoms with Gasteiger partial charge in [0.05, 0.1) is 5.39 Å². The second kappa shape index (κ2) is 11.0. The summed E-state index contributed by atoms with van der Waals surface area (Å²) < 4.78 is 50.8. The number of fused-ring (bicyclic) bond motifs is 2. The summed E-state index contributed by atoms with van der Waals surface area (Å²) in [7, 11) is 0. The van der Waals surface area contributed by atoms with E-state index in [1.807, 2.05) is 0 Å². The second-order valence-corrected chi connectivity index (χ2v) is 10.2. The van der Waals surface area contributed by atoms with Gasteiger partial charge in [0.25, 0.3) is 0 Å². The van der Waals surface area contributed by atoms with Gasteiger partial charge in [-0.1, -0.05) is 58.1 Å². The molecule has 180 valence electrons. The highest BCUT2D eigenvalue weighted by Gasteiger charge is 2.37. The highest BCUT2D eigenvalue weighted by atomic mass is 19.1. The Morgan fingerprint density at radius 3 is 2.52 bits per heavy atom. The number of benzene rings is 2. The zero-order valence-electron chi connectivity index (χ0n) is 19.9. The molecule has 0 amide bonds. The van der Waals surface area contributed by atoms with Crippen LogP contribution in [0.1, 0.15) is 89.0 Å². The van der Waals surface area contributed by atoms with Gasteiger partial charge in [-0.25, -0.2) is 13.2 Å². The smallest absolute Gasteiger partial charge is 0.140 e. The van der Waals surface area contributed by atoms with Gasteiger partial charge in [0.1, 0.15) is 29.8 Å². The summed E-state index contributed by atoms with van der Waals surface area (Å²) in [4.78, 5) is 0. The summed E-state index contributed by atoms with van der Waals surface area (Å²) in [6, 6.07) is 3.95. The van der Waals surface area contributed by atoms with Crippen LogP contribution in [-0.4, -0.2) is 6.61 Å². The van der Waals surface area contributed by atoms with Crippen molar-refractivity contribution in [1.29, 1.82) is 0 Å². The monoisotopic (exact) mass is 458 g/mol. The zero-order valence-corrected chi connectivity index (χ0v) is 19.9. The predicted octanol–water partition coefficient (Wildman–Crippen LogP) is 9.09. The summed E-state index contributed by atoms with van der Waals surface area (Å²) in [5.41, 5.74) is 0.0845. The number of ether oxygens (including phenoxy) is 1. The quantitative estimate of drug-likeness (QED) is 0.269. The molecule has 2 aromatic carbocycles. The Hall–Kier alpha value is -1.97. The molecule has 2 saturated carbocycles. The molecule has 4 atom stereocenters. The molecule has 2 aliphatic rings. The average molecular weight is 459 g/mol. The fraction of sp³-hybridized carbons (Fsp3) is 0.586. The van der Waals surface area contributed by atoms with Crippen LogP contribution in [0, 0.1) is 35.2 Å². The Morgan fingerprint density at radius 2 is 1.73 bits per heavy atom. The lowest BCUT2D eigenvalue weighted by Gasteiger charge is -2.42. The maximum atomic E-state index is 15.5. The number of unbranched alkanes of at least 4 members (excludes halogenated alkanes) is 3. The Morgan fingerprint density at radius 1 is 0.939 bits per heavy atom. The van der Waals surface area contributed by atoms with Gasteiger partial charge in [-0.2, -0.15) is 0 Å². The molecule has 0 aromatic heterocycles. The first-order valence-electron chi connectivity index (χ1n) is 12.9. The number of halogens is 3. The fourth-order valence-electron chi connectivity index (χ4n) is 6.38. The Bertz CT molecular complexity index is 969. The standard InChI is InChI=1S/C29H37F3O/c1-3-5-6-7-8-19-9-10-21-15-22(12-11-20(21)14-19)27-25(30)17-23-16-24(33-13-4-2)18-26(31)28(23)29(27)32/h4,16-22H,2-3,5-15H2,1H3/t19?,20-,21?,22-/m1/s1. The van der Waals surface area contributed by atoms with E-state index in [2.05, 4.69) is 13.5 Å². The Kier molecular flexibility index (Phi) is 8.03. The molecule has 33 heavy (non-hydrogen) atoms. The van der Waals surface area contributed by atoms with Crippen LogP contribution in [0.3, 0.4) is 0 Å². The molecule has 0 saturated heterocycles. The minimum absolute atomic E-state index is 0.0845. The minimum atomic E-state index is -0.731. The molecule has 1 nitrogen and oxygen atoms in total. The van der Waals surface area contributed by atoms with Crippen LogP contribution in [0.5, 0.6) is 5.75 Å². The van der Waals surface area contributed by atoms with Gasteiger partial charge in [-0.05, 0) is 73.3 Å². The largest absolute Gasteiger partial charge is 0.489 e. The molecule has 0 heterocycles. The third-order valence-corrected chi connectivity index (χ3v) is 8.05. The molecular weight excluding hydrogens is 421 g/mol. The number of hydrogen-bond acceptors (Lipinski definition) is 1. The maximum absolute atomic E-state index is 15.5. The van der Waals surface area contributed by atoms with Crippen LogP contribution in [0.15, 0.2) is 30.9 Å². The molecule has 2 aliphatic carbocycles. The third kappa shape index (κ3) is 5.41. The van der Waals surface area contributed by atoms with Gasteiger partial charge >= 0.3 is 0 Å². The topological polar surface area (TPSA) is 9.23 Å². The van der Waals surface area contributed by atoms with Crippen LogP contribution in [-0.2, 0) is 0 Å². The van der Waals surface area contributed by atoms with Crippen molar-refractivity contribution in [2.75, 3.05) is 6.61 Å². The molecule has 4 rings (SSSR count). The van der Waals surface area contributed by atoms with Crippen LogP contribution >= 0.6 is 0 Å². The molecule has 0 N–H and O–H groups in total. The van der Waals surface area contributed by atoms with Gasteiger partial charge in [-0.3, -0.25) is 0 Å². The van der Waals surface area contributed by atoms with Crippen LogP contribution in [0.4, 0.5) is 13.2 Å². The number of rotatable bonds is 9. The maximum Gasteiger partial charge on any atom is 0.140 e. The first kappa shape index (κ1) is 24.2. The van der Waals surface area contributed by atoms with Crippen molar-refractivity contribution in [3.8, 4) is 5.75 Å². The summed E-state index contributed by atoms with van der Waals surface area (Å²) in [6.45, 7) is 6.02. The van der Waals surface area contributed by atoms with E-state index in [1.165, 1.54) is 63.1 Å². The minimum Gasteiger partial charge on any atom is -0.489 e. The van der Waals surface area contributed by atoms with Crippen molar-refractivity contribution in [1.82, 2.24) is 0 Å². The molecule has 0 bridgehead atoms. The first-order valence-corrected chi connectivity index (χ1v) is 12.9. The lowest BCUT2D eigenvalue weighted by Crippen LogP contribution is -2.31. The normalized spacial score (nSPS) is 25.1. The second-order valence-electron chi connectivity index (χ2n) is 10.2. The first-order chi connectivity index (χ1) is 16.0. The van der Waals surface area contributed by atoms with Crippen molar-refractivity contribution < 1.29 is 17.9 Å². The third-order valence-electron chi connectivity index (χ3n) is 8.05. The van der Waals surface area contributed by atoms with Gasteiger partial charge in [0.2, 0.25) is 0 Å². The Balaban J connectivity index is 1.48. The van der Waals surface area contributed by atoms with E-state index in [0.29, 0.717) is 11.8 Å². The van der Waals surface area contributed by atoms with E-state index in [0.717, 1.165) is 31.6 Å². The van der Waals surface area contributed by atoms with Crippen molar-refractivity contribution in [3.05, 3.63) is 53.9 Å². The molecular formula is C29H37F3O. The van der Waals surface area contributed by atoms with Crippen LogP contribution < -0.4 is 4.74 Å². The lowest BCUT2D eigenvalue weighted by atomic mass is 9.63. The van der Waals surface area contributed by atoms with Gasteiger partial charge in [0.15, 0.2) is 0 Å². The molecule has 0 spiro atoms. The van der Waals surface area contributed by atoms with Crippen molar-refractivity contribution in [2.24, 2.45) is 17.8 Å². The van der Waals surface area contributed by atoms with Crippen molar-refractivity contribution in [2.45, 2.75) is 83.5 Å². The van der Waals surface area contributed by atoms with E-state index < -0.39 is 17.5 Å². The number of hydrogen-bond donors (Lipinski definition) is 0. The van der Waals surface area contributed by atoms with Gasteiger partial charge in [0, 0.05) is 11.6 Å². The highest BCUT2D eigenvalue weighted by molar-refractivity contribution is 5.86. The molecule has 4 heteroatoms. The molecule has 0 radical (unpaired) electrons. The molecule has 2 aromatic rings. The van der Waals surface area contributed by atoms with Crippen LogP contribution in [0.2, 0.25) is 0 Å². The van der Waals surface area contributed by atoms with E-state index in [4.69, 9.17) is 4.74 Å². The predicted molar refractivity (Wildman–Crippen MR) is 129 cm³/mol. The average Bonchev–Trinajstić information content (AvgIpc) is 2.80. The van der Waals surface area contributed by atoms with E-state index in [-0.39, 0.29) is 34.6 Å². The highest BCUT2D eigenvalue weighted by Crippen LogP contribution is 2.49. The summed E-state index contributed by atoms with van der Waals surface area (Å²) >= 11 is 0. The summed E-state index contributed by atoms with van der Waals surface area (Å²) in [5.74, 6) is 0.108.